The van der Waals surface area contributed by atoms with Crippen molar-refractivity contribution in [2.75, 3.05) is 6.54 Å². The van der Waals surface area contributed by atoms with Crippen LogP contribution in [0.4, 0.5) is 0 Å². The van der Waals surface area contributed by atoms with Crippen molar-refractivity contribution in [1.29, 1.82) is 0 Å². The van der Waals surface area contributed by atoms with Crippen LogP contribution < -0.4 is 11.3 Å². The third-order valence-corrected chi connectivity index (χ3v) is 1.97. The fourth-order valence-electron chi connectivity index (χ4n) is 1.31. The first-order valence-electron chi connectivity index (χ1n) is 4.87. The molecule has 16 heavy (non-hydrogen) atoms. The molecule has 0 fully saturated rings. The van der Waals surface area contributed by atoms with E-state index in [1.807, 2.05) is 0 Å². The molecule has 0 aliphatic rings. The van der Waals surface area contributed by atoms with Gasteiger partial charge in [-0.3, -0.25) is 4.79 Å². The van der Waals surface area contributed by atoms with Gasteiger partial charge in [0.05, 0.1) is 0 Å². The molecule has 0 atom stereocenters. The van der Waals surface area contributed by atoms with Crippen LogP contribution in [0.2, 0.25) is 0 Å². The van der Waals surface area contributed by atoms with Crippen molar-refractivity contribution < 1.29 is 0 Å². The summed E-state index contributed by atoms with van der Waals surface area (Å²) < 4.78 is 0. The second-order valence-corrected chi connectivity index (χ2v) is 3.20. The quantitative estimate of drug-likeness (QED) is 0.737. The van der Waals surface area contributed by atoms with Gasteiger partial charge in [-0.2, -0.15) is 0 Å². The molecule has 2 heterocycles. The first kappa shape index (κ1) is 10.4. The molecule has 2 rings (SSSR count). The lowest BCUT2D eigenvalue weighted by Crippen LogP contribution is -2.14. The van der Waals surface area contributed by atoms with Crippen LogP contribution in [-0.2, 0) is 6.42 Å². The largest absolute Gasteiger partial charge is 0.330 e. The van der Waals surface area contributed by atoms with Gasteiger partial charge in [-0.15, -0.1) is 0 Å². The van der Waals surface area contributed by atoms with Gasteiger partial charge < -0.3 is 10.7 Å². The van der Waals surface area contributed by atoms with E-state index < -0.39 is 0 Å². The Morgan fingerprint density at radius 1 is 1.31 bits per heavy atom. The molecule has 0 spiro atoms. The van der Waals surface area contributed by atoms with Crippen molar-refractivity contribution in [1.82, 2.24) is 19.9 Å². The molecule has 6 nitrogen and oxygen atoms in total. The Bertz CT molecular complexity index is 522. The molecule has 0 unspecified atom stereocenters. The van der Waals surface area contributed by atoms with E-state index in [1.165, 1.54) is 6.07 Å². The molecule has 0 amide bonds. The first-order chi connectivity index (χ1) is 7.79. The van der Waals surface area contributed by atoms with E-state index in [0.717, 1.165) is 0 Å². The van der Waals surface area contributed by atoms with Gasteiger partial charge in [0, 0.05) is 30.6 Å². The van der Waals surface area contributed by atoms with Crippen LogP contribution in [0.1, 0.15) is 5.69 Å². The second-order valence-electron chi connectivity index (χ2n) is 3.20. The minimum atomic E-state index is -0.221. The van der Waals surface area contributed by atoms with Gasteiger partial charge in [0.25, 0.3) is 5.56 Å². The highest BCUT2D eigenvalue weighted by atomic mass is 16.1. The minimum absolute atomic E-state index is 0.221. The van der Waals surface area contributed by atoms with Crippen molar-refractivity contribution in [2.45, 2.75) is 6.42 Å². The molecule has 2 aromatic heterocycles. The van der Waals surface area contributed by atoms with Gasteiger partial charge >= 0.3 is 0 Å². The predicted octanol–water partition coefficient (Wildman–Crippen LogP) is -0.272. The van der Waals surface area contributed by atoms with E-state index in [0.29, 0.717) is 30.3 Å². The van der Waals surface area contributed by atoms with E-state index in [9.17, 15) is 4.79 Å². The molecule has 0 bridgehead atoms. The number of rotatable bonds is 3. The van der Waals surface area contributed by atoms with Crippen molar-refractivity contribution in [3.05, 3.63) is 40.6 Å². The zero-order chi connectivity index (χ0) is 11.4. The maximum atomic E-state index is 11.4. The number of aromatic amines is 1. The van der Waals surface area contributed by atoms with Crippen LogP contribution >= 0.6 is 0 Å². The van der Waals surface area contributed by atoms with Crippen molar-refractivity contribution in [3.63, 3.8) is 0 Å². The monoisotopic (exact) mass is 217 g/mol. The Labute approximate surface area is 91.6 Å². The molecule has 6 heteroatoms. The lowest BCUT2D eigenvalue weighted by Gasteiger charge is -2.01. The van der Waals surface area contributed by atoms with Gasteiger partial charge in [-0.1, -0.05) is 0 Å². The number of aromatic nitrogens is 4. The number of nitrogens with zero attached hydrogens (tertiary/aromatic N) is 3. The number of H-pyrrole nitrogens is 1. The maximum Gasteiger partial charge on any atom is 0.251 e. The normalized spacial score (nSPS) is 10.3. The summed E-state index contributed by atoms with van der Waals surface area (Å²) in [5.41, 5.74) is 5.84. The van der Waals surface area contributed by atoms with Crippen molar-refractivity contribution in [3.8, 4) is 11.6 Å². The lowest BCUT2D eigenvalue weighted by atomic mass is 10.3. The third kappa shape index (κ3) is 2.29. The molecule has 0 saturated carbocycles. The zero-order valence-electron chi connectivity index (χ0n) is 8.55. The van der Waals surface area contributed by atoms with Gasteiger partial charge in [0.15, 0.2) is 11.6 Å². The SMILES string of the molecule is NCCc1cc(=O)[nH]c(-c2ncccn2)n1. The number of hydrogen-bond donors (Lipinski definition) is 2. The molecule has 2 aromatic rings. The van der Waals surface area contributed by atoms with Crippen LogP contribution in [0.25, 0.3) is 11.6 Å². The summed E-state index contributed by atoms with van der Waals surface area (Å²) in [5.74, 6) is 0.773. The smallest absolute Gasteiger partial charge is 0.251 e. The average Bonchev–Trinajstić information content (AvgIpc) is 2.30. The highest BCUT2D eigenvalue weighted by Gasteiger charge is 2.05. The molecule has 82 valence electrons. The summed E-state index contributed by atoms with van der Waals surface area (Å²) in [6.45, 7) is 0.450. The van der Waals surface area contributed by atoms with Gasteiger partial charge in [0.2, 0.25) is 0 Å². The molecule has 0 aromatic carbocycles. The second kappa shape index (κ2) is 4.63. The average molecular weight is 217 g/mol. The number of nitrogens with one attached hydrogen (secondary N) is 1. The van der Waals surface area contributed by atoms with Gasteiger partial charge in [-0.05, 0) is 12.6 Å². The summed E-state index contributed by atoms with van der Waals surface area (Å²) in [6, 6.07) is 3.13. The summed E-state index contributed by atoms with van der Waals surface area (Å²) >= 11 is 0. The van der Waals surface area contributed by atoms with E-state index in [4.69, 9.17) is 5.73 Å². The molecule has 0 saturated heterocycles. The highest BCUT2D eigenvalue weighted by molar-refractivity contribution is 5.41. The number of nitrogens with two attached hydrogens (primary N) is 1. The Hall–Kier alpha value is -2.08. The van der Waals surface area contributed by atoms with Crippen LogP contribution in [-0.4, -0.2) is 26.5 Å². The minimum Gasteiger partial charge on any atom is -0.330 e. The molecule has 3 N–H and O–H groups in total. The Morgan fingerprint density at radius 2 is 2.06 bits per heavy atom. The van der Waals surface area contributed by atoms with E-state index in [-0.39, 0.29) is 5.56 Å². The fraction of sp³-hybridized carbons (Fsp3) is 0.200. The summed E-state index contributed by atoms with van der Waals surface area (Å²) in [5, 5.41) is 0. The lowest BCUT2D eigenvalue weighted by molar-refractivity contribution is 0.899. The van der Waals surface area contributed by atoms with Crippen LogP contribution in [0, 0.1) is 0 Å². The first-order valence-corrected chi connectivity index (χ1v) is 4.87. The Morgan fingerprint density at radius 3 is 2.75 bits per heavy atom. The molecular weight excluding hydrogens is 206 g/mol. The maximum absolute atomic E-state index is 11.4. The fourth-order valence-corrected chi connectivity index (χ4v) is 1.31. The van der Waals surface area contributed by atoms with E-state index >= 15 is 0 Å². The van der Waals surface area contributed by atoms with Crippen molar-refractivity contribution >= 4 is 0 Å². The van der Waals surface area contributed by atoms with Gasteiger partial charge in [0.1, 0.15) is 0 Å². The van der Waals surface area contributed by atoms with E-state index in [2.05, 4.69) is 19.9 Å². The molecule has 0 radical (unpaired) electrons. The zero-order valence-corrected chi connectivity index (χ0v) is 8.55. The predicted molar refractivity (Wildman–Crippen MR) is 58.6 cm³/mol. The molecular formula is C10H11N5O. The topological polar surface area (TPSA) is 97.6 Å². The van der Waals surface area contributed by atoms with Crippen LogP contribution in [0.3, 0.4) is 0 Å². The summed E-state index contributed by atoms with van der Waals surface area (Å²) in [4.78, 5) is 26.2. The number of hydrogen-bond acceptors (Lipinski definition) is 5. The standard InChI is InChI=1S/C10H11N5O/c11-3-2-7-6-8(16)15-10(14-7)9-12-4-1-5-13-9/h1,4-6H,2-3,11H2,(H,14,15,16). The third-order valence-electron chi connectivity index (χ3n) is 1.97. The molecule has 0 aliphatic heterocycles. The van der Waals surface area contributed by atoms with Gasteiger partial charge in [-0.25, -0.2) is 15.0 Å². The Kier molecular flexibility index (Phi) is 3.02. The van der Waals surface area contributed by atoms with E-state index in [1.54, 1.807) is 18.5 Å². The summed E-state index contributed by atoms with van der Waals surface area (Å²) in [7, 11) is 0. The summed E-state index contributed by atoms with van der Waals surface area (Å²) in [6.07, 6.45) is 3.75. The van der Waals surface area contributed by atoms with Crippen LogP contribution in [0.5, 0.6) is 0 Å². The van der Waals surface area contributed by atoms with Crippen LogP contribution in [0.15, 0.2) is 29.3 Å². The molecule has 0 aliphatic carbocycles. The highest BCUT2D eigenvalue weighted by Crippen LogP contribution is 2.05. The van der Waals surface area contributed by atoms with Crippen molar-refractivity contribution in [2.24, 2.45) is 5.73 Å². The Balaban J connectivity index is 2.45.